The number of aliphatic hydroxyl groups excluding tert-OH is 5. The largest absolute Gasteiger partial charge is 0.391 e. The third-order valence-electron chi connectivity index (χ3n) is 6.95. The predicted octanol–water partition coefficient (Wildman–Crippen LogP) is -5.61. The summed E-state index contributed by atoms with van der Waals surface area (Å²) in [5.41, 5.74) is 17.0. The fourth-order valence-electron chi connectivity index (χ4n) is 4.95. The molecular weight excluding hydrogens is 456 g/mol. The molecule has 1 aliphatic carbocycles. The summed E-state index contributed by atoms with van der Waals surface area (Å²) >= 11 is 0. The maximum atomic E-state index is 11.1. The van der Waals surface area contributed by atoms with E-state index >= 15 is 0 Å². The van der Waals surface area contributed by atoms with Crippen LogP contribution in [-0.2, 0) is 18.9 Å². The second-order valence-corrected chi connectivity index (χ2v) is 9.82. The van der Waals surface area contributed by atoms with E-state index in [4.69, 9.17) is 36.1 Å². The van der Waals surface area contributed by atoms with E-state index in [1.165, 1.54) is 13.8 Å². The monoisotopic (exact) mass is 496 g/mol. The van der Waals surface area contributed by atoms with E-state index in [1.54, 1.807) is 7.05 Å². The van der Waals surface area contributed by atoms with Gasteiger partial charge in [-0.25, -0.2) is 0 Å². The highest BCUT2D eigenvalue weighted by Crippen LogP contribution is 2.32. The molecule has 0 aromatic carbocycles. The number of hydrogen-bond donors (Lipinski definition) is 10. The minimum Gasteiger partial charge on any atom is -0.391 e. The van der Waals surface area contributed by atoms with Crippen LogP contribution in [0.5, 0.6) is 0 Å². The normalized spacial score (nSPS) is 53.5. The summed E-state index contributed by atoms with van der Waals surface area (Å²) in [7, 11) is 1.58. The van der Waals surface area contributed by atoms with Crippen molar-refractivity contribution < 1.29 is 49.6 Å². The van der Waals surface area contributed by atoms with Gasteiger partial charge in [0.05, 0.1) is 24.8 Å². The maximum Gasteiger partial charge on any atom is 0.185 e. The fourth-order valence-corrected chi connectivity index (χ4v) is 4.95. The molecule has 0 aromatic rings. The third-order valence-corrected chi connectivity index (χ3v) is 6.95. The first-order valence-corrected chi connectivity index (χ1v) is 11.4. The summed E-state index contributed by atoms with van der Waals surface area (Å²) in [6.45, 7) is 2.75. The quantitative estimate of drug-likeness (QED) is 0.165. The zero-order valence-electron chi connectivity index (χ0n) is 19.5. The van der Waals surface area contributed by atoms with E-state index < -0.39 is 91.2 Å². The van der Waals surface area contributed by atoms with Crippen molar-refractivity contribution >= 4 is 0 Å². The molecule has 3 fully saturated rings. The minimum absolute atomic E-state index is 0.135. The molecule has 2 saturated heterocycles. The Morgan fingerprint density at radius 1 is 0.941 bits per heavy atom. The molecule has 3 aliphatic rings. The third kappa shape index (κ3) is 5.40. The lowest BCUT2D eigenvalue weighted by Crippen LogP contribution is -2.69. The van der Waals surface area contributed by atoms with Crippen molar-refractivity contribution in [3.05, 3.63) is 0 Å². The van der Waals surface area contributed by atoms with Gasteiger partial charge in [-0.1, -0.05) is 0 Å². The summed E-state index contributed by atoms with van der Waals surface area (Å²) in [6, 6.07) is -3.47. The Bertz CT molecular complexity index is 675. The average Bonchev–Trinajstić information content (AvgIpc) is 2.75. The topological polar surface area (TPSA) is 248 Å². The highest BCUT2D eigenvalue weighted by molar-refractivity contribution is 5.02. The lowest BCUT2D eigenvalue weighted by atomic mass is 9.84. The Kier molecular flexibility index (Phi) is 8.92. The Labute approximate surface area is 197 Å². The summed E-state index contributed by atoms with van der Waals surface area (Å²) in [4.78, 5) is 0. The summed E-state index contributed by atoms with van der Waals surface area (Å²) < 4.78 is 22.8. The standard InChI is InChI=1S/C20H40N4O10/c1-6(25)14-11(27)10(26)9(23)18(32-14)33-15-7(21)4-8(22)16(12(15)28)34-19-13(29)17(24-3)20(2,30)5-31-19/h6-19,24-30H,4-5,21-23H2,1-3H3/t6-,7-,8-,9-,10+,11-,12+,13+,14+,15+,16-,17-,18+,19+,20-/m0/s1. The highest BCUT2D eigenvalue weighted by atomic mass is 16.7. The molecule has 14 nitrogen and oxygen atoms in total. The molecule has 200 valence electrons. The lowest BCUT2D eigenvalue weighted by molar-refractivity contribution is -0.319. The first-order chi connectivity index (χ1) is 15.8. The van der Waals surface area contributed by atoms with Gasteiger partial charge in [-0.3, -0.25) is 0 Å². The van der Waals surface area contributed by atoms with Gasteiger partial charge in [-0.05, 0) is 27.3 Å². The van der Waals surface area contributed by atoms with Crippen molar-refractivity contribution in [1.29, 1.82) is 0 Å². The van der Waals surface area contributed by atoms with Gasteiger partial charge in [0.2, 0.25) is 0 Å². The van der Waals surface area contributed by atoms with Gasteiger partial charge >= 0.3 is 0 Å². The first-order valence-electron chi connectivity index (χ1n) is 11.4. The van der Waals surface area contributed by atoms with E-state index in [0.717, 1.165) is 0 Å². The van der Waals surface area contributed by atoms with Crippen LogP contribution in [-0.4, -0.2) is 135 Å². The molecule has 34 heavy (non-hydrogen) atoms. The van der Waals surface area contributed by atoms with Gasteiger partial charge < -0.3 is 72.1 Å². The predicted molar refractivity (Wildman–Crippen MR) is 116 cm³/mol. The van der Waals surface area contributed by atoms with Crippen LogP contribution in [0, 0.1) is 0 Å². The second kappa shape index (κ2) is 10.8. The highest BCUT2D eigenvalue weighted by Gasteiger charge is 2.52. The van der Waals surface area contributed by atoms with Crippen LogP contribution < -0.4 is 22.5 Å². The molecule has 0 radical (unpaired) electrons. The molecule has 2 aliphatic heterocycles. The van der Waals surface area contributed by atoms with Crippen LogP contribution >= 0.6 is 0 Å². The van der Waals surface area contributed by atoms with Crippen molar-refractivity contribution in [2.75, 3.05) is 13.7 Å². The zero-order chi connectivity index (χ0) is 25.5. The SMILES string of the molecule is CN[C@H]1[C@@H](O)[C@@H](O[C@@H]2[C@H](O)[C@H](O[C@H]3O[C@H]([C@H](C)O)[C@@H](O)[C@H](O)[C@@H]3N)[C@@H](N)C[C@@H]2N)OC[C@]1(C)O. The molecule has 0 amide bonds. The van der Waals surface area contributed by atoms with E-state index in [2.05, 4.69) is 5.32 Å². The van der Waals surface area contributed by atoms with Crippen LogP contribution in [0.3, 0.4) is 0 Å². The molecule has 14 heteroatoms. The Balaban J connectivity index is 1.73. The number of nitrogens with one attached hydrogen (secondary N) is 1. The second-order valence-electron chi connectivity index (χ2n) is 9.82. The number of aliphatic hydroxyl groups is 6. The Morgan fingerprint density at radius 3 is 2.03 bits per heavy atom. The number of likely N-dealkylation sites (N-methyl/N-ethyl adjacent to an activating group) is 1. The number of hydrogen-bond acceptors (Lipinski definition) is 14. The lowest BCUT2D eigenvalue weighted by Gasteiger charge is -2.49. The van der Waals surface area contributed by atoms with Crippen LogP contribution in [0.15, 0.2) is 0 Å². The van der Waals surface area contributed by atoms with Crippen LogP contribution in [0.1, 0.15) is 20.3 Å². The van der Waals surface area contributed by atoms with E-state index in [-0.39, 0.29) is 13.0 Å². The van der Waals surface area contributed by atoms with E-state index in [9.17, 15) is 30.6 Å². The van der Waals surface area contributed by atoms with Gasteiger partial charge in [0.25, 0.3) is 0 Å². The van der Waals surface area contributed by atoms with Crippen molar-refractivity contribution in [1.82, 2.24) is 5.32 Å². The molecule has 0 aromatic heterocycles. The summed E-state index contributed by atoms with van der Waals surface area (Å²) in [5, 5.41) is 65.2. The Morgan fingerprint density at radius 2 is 1.50 bits per heavy atom. The molecule has 0 bridgehead atoms. The Hall–Kier alpha value is -0.560. The smallest absolute Gasteiger partial charge is 0.185 e. The van der Waals surface area contributed by atoms with Crippen LogP contribution in [0.25, 0.3) is 0 Å². The molecular formula is C20H40N4O10. The minimum atomic E-state index is -1.46. The number of rotatable bonds is 6. The summed E-state index contributed by atoms with van der Waals surface area (Å²) in [5.74, 6) is 0. The van der Waals surface area contributed by atoms with Crippen molar-refractivity contribution in [2.45, 2.75) is 111 Å². The fraction of sp³-hybridized carbons (Fsp3) is 1.00. The molecule has 2 heterocycles. The van der Waals surface area contributed by atoms with Crippen molar-refractivity contribution in [3.8, 4) is 0 Å². The maximum absolute atomic E-state index is 11.1. The van der Waals surface area contributed by atoms with Crippen LogP contribution in [0.2, 0.25) is 0 Å². The van der Waals surface area contributed by atoms with Gasteiger partial charge in [0, 0.05) is 12.1 Å². The van der Waals surface area contributed by atoms with Gasteiger partial charge in [0.1, 0.15) is 48.3 Å². The average molecular weight is 497 g/mol. The molecule has 0 spiro atoms. The van der Waals surface area contributed by atoms with Gasteiger partial charge in [-0.15, -0.1) is 0 Å². The molecule has 13 N–H and O–H groups in total. The van der Waals surface area contributed by atoms with Gasteiger partial charge in [0.15, 0.2) is 12.6 Å². The van der Waals surface area contributed by atoms with E-state index in [1.807, 2.05) is 0 Å². The first kappa shape index (κ1) is 28.0. The molecule has 15 atom stereocenters. The van der Waals surface area contributed by atoms with Crippen LogP contribution in [0.4, 0.5) is 0 Å². The zero-order valence-corrected chi connectivity index (χ0v) is 19.5. The molecule has 3 rings (SSSR count). The van der Waals surface area contributed by atoms with E-state index in [0.29, 0.717) is 0 Å². The molecule has 0 unspecified atom stereocenters. The number of ether oxygens (including phenoxy) is 4. The van der Waals surface area contributed by atoms with Crippen molar-refractivity contribution in [3.63, 3.8) is 0 Å². The summed E-state index contributed by atoms with van der Waals surface area (Å²) in [6.07, 6.45) is -12.4. The molecule has 1 saturated carbocycles. The van der Waals surface area contributed by atoms with Gasteiger partial charge in [-0.2, -0.15) is 0 Å². The van der Waals surface area contributed by atoms with Crippen molar-refractivity contribution in [2.24, 2.45) is 17.2 Å². The number of nitrogens with two attached hydrogens (primary N) is 3.